The second-order valence-corrected chi connectivity index (χ2v) is 18.3. The van der Waals surface area contributed by atoms with Gasteiger partial charge >= 0.3 is 0 Å². The molecule has 36 heavy (non-hydrogen) atoms. The van der Waals surface area contributed by atoms with Crippen molar-refractivity contribution in [2.45, 2.75) is 64.2 Å². The van der Waals surface area contributed by atoms with Gasteiger partial charge in [-0.25, -0.2) is 4.68 Å². The predicted molar refractivity (Wildman–Crippen MR) is 154 cm³/mol. The Kier molecular flexibility index (Phi) is 7.62. The average Bonchev–Trinajstić information content (AvgIpc) is 3.43. The van der Waals surface area contributed by atoms with Crippen LogP contribution in [-0.4, -0.2) is 67.4 Å². The van der Waals surface area contributed by atoms with Crippen molar-refractivity contribution in [3.05, 3.63) is 39.5 Å². The highest BCUT2D eigenvalue weighted by atomic mass is 79.9. The van der Waals surface area contributed by atoms with Crippen molar-refractivity contribution < 1.29 is 9.16 Å². The van der Waals surface area contributed by atoms with Gasteiger partial charge in [-0.05, 0) is 66.7 Å². The summed E-state index contributed by atoms with van der Waals surface area (Å²) in [5.74, 6) is 1.93. The maximum Gasteiger partial charge on any atom is 0.234 e. The fraction of sp³-hybridized carbons (Fsp3) is 0.615. The fourth-order valence-corrected chi connectivity index (χ4v) is 7.33. The Morgan fingerprint density at radius 3 is 2.75 bits per heavy atom. The van der Waals surface area contributed by atoms with E-state index in [4.69, 9.17) is 14.1 Å². The van der Waals surface area contributed by atoms with Crippen LogP contribution in [0.4, 0.5) is 5.95 Å². The summed E-state index contributed by atoms with van der Waals surface area (Å²) in [6.07, 6.45) is 4.82. The minimum absolute atomic E-state index is 0.260. The van der Waals surface area contributed by atoms with Gasteiger partial charge < -0.3 is 14.1 Å². The van der Waals surface area contributed by atoms with Crippen molar-refractivity contribution in [2.24, 2.45) is 0 Å². The Bertz CT molecular complexity index is 1120. The first-order valence-electron chi connectivity index (χ1n) is 13.0. The van der Waals surface area contributed by atoms with E-state index in [9.17, 15) is 0 Å². The largest absolute Gasteiger partial charge is 0.493 e. The van der Waals surface area contributed by atoms with Gasteiger partial charge in [0.1, 0.15) is 12.1 Å². The molecule has 10 heteroatoms. The predicted octanol–water partition coefficient (Wildman–Crippen LogP) is 6.36. The summed E-state index contributed by atoms with van der Waals surface area (Å²) < 4.78 is 18.0. The molecule has 1 saturated heterocycles. The van der Waals surface area contributed by atoms with E-state index in [1.54, 1.807) is 18.3 Å². The lowest BCUT2D eigenvalue weighted by Crippen LogP contribution is -2.44. The second kappa shape index (κ2) is 10.4. The van der Waals surface area contributed by atoms with Crippen LogP contribution in [0, 0.1) is 0 Å². The van der Waals surface area contributed by atoms with Crippen molar-refractivity contribution in [1.82, 2.24) is 19.7 Å². The number of ether oxygens (including phenoxy) is 1. The number of benzene rings is 1. The highest BCUT2D eigenvalue weighted by Crippen LogP contribution is 2.47. The number of likely N-dealkylation sites (tertiary alicyclic amines) is 1. The molecule has 3 aliphatic rings. The van der Waals surface area contributed by atoms with Crippen LogP contribution < -0.4 is 9.04 Å². The Morgan fingerprint density at radius 2 is 2.00 bits per heavy atom. The molecule has 0 N–H and O–H groups in total. The lowest BCUT2D eigenvalue weighted by Gasteiger charge is -2.38. The lowest BCUT2D eigenvalue weighted by atomic mass is 10.0. The zero-order valence-electron chi connectivity index (χ0n) is 22.1. The zero-order valence-corrected chi connectivity index (χ0v) is 25.5. The molecule has 0 unspecified atom stereocenters. The van der Waals surface area contributed by atoms with Crippen LogP contribution in [0.3, 0.4) is 0 Å². The molecule has 1 fully saturated rings. The van der Waals surface area contributed by atoms with E-state index in [1.807, 2.05) is 0 Å². The zero-order chi connectivity index (χ0) is 25.5. The standard InChI is InChI=1S/C26H38BrN5O2SSi/c1-26(2,3)36(4,5)34-15-13-30-11-8-20(9-12-30)32-25(28-18-29-32)31-17-22-21-7-6-19(27)16-23(21)33-14-10-24(22)35-31/h6-7,16,18,20H,8-15,17H2,1-5H3. The van der Waals surface area contributed by atoms with Crippen LogP contribution in [0.2, 0.25) is 18.1 Å². The Balaban J connectivity index is 1.19. The smallest absolute Gasteiger partial charge is 0.234 e. The second-order valence-electron chi connectivity index (χ2n) is 11.5. The van der Waals surface area contributed by atoms with E-state index < -0.39 is 8.32 Å². The van der Waals surface area contributed by atoms with Crippen LogP contribution in [0.15, 0.2) is 33.9 Å². The average molecular weight is 593 g/mol. The molecular weight excluding hydrogens is 554 g/mol. The molecule has 5 rings (SSSR count). The maximum absolute atomic E-state index is 6.41. The molecule has 7 nitrogen and oxygen atoms in total. The highest BCUT2D eigenvalue weighted by molar-refractivity contribution is 9.10. The molecule has 1 aromatic heterocycles. The van der Waals surface area contributed by atoms with Crippen LogP contribution in [-0.2, 0) is 4.43 Å². The van der Waals surface area contributed by atoms with Gasteiger partial charge in [-0.1, -0.05) is 36.7 Å². The summed E-state index contributed by atoms with van der Waals surface area (Å²) >= 11 is 5.38. The van der Waals surface area contributed by atoms with Gasteiger partial charge in [0.15, 0.2) is 8.32 Å². The molecule has 0 aliphatic carbocycles. The summed E-state index contributed by atoms with van der Waals surface area (Å²) in [5.41, 5.74) is 2.55. The number of halogens is 1. The minimum Gasteiger partial charge on any atom is -0.493 e. The number of fused-ring (bicyclic) bond motifs is 2. The van der Waals surface area contributed by atoms with Crippen LogP contribution in [0.25, 0.3) is 5.57 Å². The Hall–Kier alpha value is -1.33. The monoisotopic (exact) mass is 591 g/mol. The van der Waals surface area contributed by atoms with Crippen molar-refractivity contribution >= 4 is 47.7 Å². The molecule has 0 radical (unpaired) electrons. The molecule has 0 bridgehead atoms. The maximum atomic E-state index is 6.41. The summed E-state index contributed by atoms with van der Waals surface area (Å²) in [7, 11) is -1.68. The van der Waals surface area contributed by atoms with E-state index in [-0.39, 0.29) is 5.04 Å². The van der Waals surface area contributed by atoms with Gasteiger partial charge in [0.25, 0.3) is 0 Å². The van der Waals surface area contributed by atoms with Gasteiger partial charge in [0, 0.05) is 47.6 Å². The molecular formula is C26H38BrN5O2SSi. The van der Waals surface area contributed by atoms with Crippen LogP contribution in [0.1, 0.15) is 51.6 Å². The Morgan fingerprint density at radius 1 is 1.22 bits per heavy atom. The topological polar surface area (TPSA) is 55.7 Å². The molecule has 2 aromatic rings. The fourth-order valence-electron chi connectivity index (χ4n) is 4.83. The van der Waals surface area contributed by atoms with E-state index >= 15 is 0 Å². The molecule has 0 saturated carbocycles. The number of rotatable bonds is 6. The molecule has 1 aromatic carbocycles. The number of anilines is 1. The summed E-state index contributed by atoms with van der Waals surface area (Å²) in [4.78, 5) is 8.63. The number of nitrogens with zero attached hydrogens (tertiary/aromatic N) is 5. The molecule has 196 valence electrons. The van der Waals surface area contributed by atoms with Crippen molar-refractivity contribution in [3.8, 4) is 5.75 Å². The number of piperidine rings is 1. The van der Waals surface area contributed by atoms with Gasteiger partial charge in [-0.3, -0.25) is 4.31 Å². The number of hydrogen-bond donors (Lipinski definition) is 0. The van der Waals surface area contributed by atoms with E-state index in [0.29, 0.717) is 12.6 Å². The third-order valence-corrected chi connectivity index (χ3v) is 14.3. The lowest BCUT2D eigenvalue weighted by molar-refractivity contribution is 0.148. The van der Waals surface area contributed by atoms with E-state index in [1.165, 1.54) is 16.0 Å². The SMILES string of the molecule is CC(C)(C)[Si](C)(C)OCCN1CCC(n2ncnc2N2CC3=C(CCOc4cc(Br)ccc43)S2)CC1. The first-order valence-corrected chi connectivity index (χ1v) is 17.5. The van der Waals surface area contributed by atoms with Crippen molar-refractivity contribution in [1.29, 1.82) is 0 Å². The molecule has 3 aliphatic heterocycles. The van der Waals surface area contributed by atoms with Gasteiger partial charge in [0.2, 0.25) is 5.95 Å². The normalized spacial score (nSPS) is 19.8. The quantitative estimate of drug-likeness (QED) is 0.286. The Labute approximate surface area is 229 Å². The molecule has 0 atom stereocenters. The third kappa shape index (κ3) is 5.43. The van der Waals surface area contributed by atoms with Crippen LogP contribution in [0.5, 0.6) is 5.75 Å². The van der Waals surface area contributed by atoms with Gasteiger partial charge in [0.05, 0.1) is 19.2 Å². The number of aromatic nitrogens is 3. The molecule has 0 amide bonds. The minimum atomic E-state index is -1.68. The summed E-state index contributed by atoms with van der Waals surface area (Å²) in [5, 5.41) is 4.95. The first-order chi connectivity index (χ1) is 17.1. The van der Waals surface area contributed by atoms with Gasteiger partial charge in [-0.15, -0.1) is 0 Å². The number of hydrogen-bond acceptors (Lipinski definition) is 7. The first kappa shape index (κ1) is 26.3. The van der Waals surface area contributed by atoms with Crippen molar-refractivity contribution in [3.63, 3.8) is 0 Å². The summed E-state index contributed by atoms with van der Waals surface area (Å²) in [6, 6.07) is 6.72. The highest BCUT2D eigenvalue weighted by Gasteiger charge is 2.37. The van der Waals surface area contributed by atoms with E-state index in [2.05, 4.69) is 87.0 Å². The molecule has 0 spiro atoms. The van der Waals surface area contributed by atoms with Crippen LogP contribution >= 0.6 is 27.9 Å². The third-order valence-electron chi connectivity index (χ3n) is 8.07. The van der Waals surface area contributed by atoms with Gasteiger partial charge in [-0.2, -0.15) is 10.1 Å². The van der Waals surface area contributed by atoms with E-state index in [0.717, 1.165) is 68.2 Å². The summed E-state index contributed by atoms with van der Waals surface area (Å²) in [6.45, 7) is 17.1. The molecule has 4 heterocycles. The van der Waals surface area contributed by atoms with Crippen molar-refractivity contribution in [2.75, 3.05) is 43.7 Å².